The fourth-order valence-corrected chi connectivity index (χ4v) is 2.31. The van der Waals surface area contributed by atoms with Crippen molar-refractivity contribution in [2.24, 2.45) is 5.73 Å². The highest BCUT2D eigenvalue weighted by Crippen LogP contribution is 2.27. The van der Waals surface area contributed by atoms with Gasteiger partial charge >= 0.3 is 0 Å². The van der Waals surface area contributed by atoms with Crippen LogP contribution in [0.4, 0.5) is 5.69 Å². The zero-order valence-corrected chi connectivity index (χ0v) is 11.3. The molecular formula is C13H17BrN2. The molecule has 3 heteroatoms. The van der Waals surface area contributed by atoms with Crippen molar-refractivity contribution in [1.29, 1.82) is 0 Å². The fraction of sp³-hybridized carbons (Fsp3) is 0.385. The normalized spacial score (nSPS) is 11.9. The van der Waals surface area contributed by atoms with E-state index in [2.05, 4.69) is 45.8 Å². The first-order valence-corrected chi connectivity index (χ1v) is 6.12. The summed E-state index contributed by atoms with van der Waals surface area (Å²) in [6, 6.07) is 6.21. The molecule has 0 unspecified atom stereocenters. The molecule has 0 spiro atoms. The summed E-state index contributed by atoms with van der Waals surface area (Å²) in [4.78, 5) is 2.13. The highest BCUT2D eigenvalue weighted by atomic mass is 79.9. The Balaban J connectivity index is 3.00. The molecular weight excluding hydrogens is 264 g/mol. The number of hydrogen-bond acceptors (Lipinski definition) is 2. The summed E-state index contributed by atoms with van der Waals surface area (Å²) in [5, 5.41) is 0. The molecule has 0 aliphatic rings. The molecule has 1 atom stereocenters. The van der Waals surface area contributed by atoms with Gasteiger partial charge in [-0.25, -0.2) is 0 Å². The van der Waals surface area contributed by atoms with Crippen LogP contribution in [0.25, 0.3) is 0 Å². The lowest BCUT2D eigenvalue weighted by Crippen LogP contribution is -2.22. The molecule has 86 valence electrons. The van der Waals surface area contributed by atoms with E-state index in [0.717, 1.165) is 22.3 Å². The van der Waals surface area contributed by atoms with Gasteiger partial charge in [-0.1, -0.05) is 27.9 Å². The third kappa shape index (κ3) is 3.01. The molecule has 0 aliphatic carbocycles. The van der Waals surface area contributed by atoms with Gasteiger partial charge in [-0.15, -0.1) is 6.42 Å². The number of halogens is 1. The number of rotatable bonds is 4. The zero-order chi connectivity index (χ0) is 12.1. The van der Waals surface area contributed by atoms with Crippen LogP contribution >= 0.6 is 15.9 Å². The predicted octanol–water partition coefficient (Wildman–Crippen LogP) is 2.93. The summed E-state index contributed by atoms with van der Waals surface area (Å²) < 4.78 is 1.04. The maximum absolute atomic E-state index is 5.86. The minimum absolute atomic E-state index is 0.0335. The van der Waals surface area contributed by atoms with E-state index < -0.39 is 0 Å². The van der Waals surface area contributed by atoms with Gasteiger partial charge in [0.15, 0.2) is 0 Å². The molecule has 0 heterocycles. The summed E-state index contributed by atoms with van der Waals surface area (Å²) in [5.41, 5.74) is 8.09. The lowest BCUT2D eigenvalue weighted by Gasteiger charge is -2.21. The van der Waals surface area contributed by atoms with E-state index in [1.165, 1.54) is 0 Å². The van der Waals surface area contributed by atoms with E-state index in [1.807, 2.05) is 13.0 Å². The molecule has 2 nitrogen and oxygen atoms in total. The largest absolute Gasteiger partial charge is 0.361 e. The van der Waals surface area contributed by atoms with E-state index in [0.29, 0.717) is 6.54 Å². The summed E-state index contributed by atoms with van der Waals surface area (Å²) in [6.45, 7) is 5.58. The van der Waals surface area contributed by atoms with Crippen LogP contribution in [0.2, 0.25) is 0 Å². The van der Waals surface area contributed by atoms with Gasteiger partial charge in [-0.2, -0.15) is 0 Å². The first-order chi connectivity index (χ1) is 7.60. The third-order valence-electron chi connectivity index (χ3n) is 2.50. The van der Waals surface area contributed by atoms with E-state index >= 15 is 0 Å². The molecule has 1 rings (SSSR count). The molecule has 0 saturated heterocycles. The quantitative estimate of drug-likeness (QED) is 0.860. The van der Waals surface area contributed by atoms with Gasteiger partial charge in [0.2, 0.25) is 0 Å². The molecule has 0 aliphatic heterocycles. The highest BCUT2D eigenvalue weighted by Gasteiger charge is 2.08. The van der Waals surface area contributed by atoms with Crippen molar-refractivity contribution in [2.75, 3.05) is 18.0 Å². The maximum Gasteiger partial charge on any atom is 0.0791 e. The molecule has 1 aromatic rings. The molecule has 0 bridgehead atoms. The van der Waals surface area contributed by atoms with Crippen molar-refractivity contribution in [3.05, 3.63) is 28.2 Å². The third-order valence-corrected chi connectivity index (χ3v) is 3.19. The second-order valence-electron chi connectivity index (χ2n) is 3.71. The van der Waals surface area contributed by atoms with Crippen LogP contribution < -0.4 is 10.6 Å². The standard InChI is InChI=1S/C13H17BrN2/c1-4-8-16(5-2)11-6-7-12(10(3)15)13(14)9-11/h1,6-7,9-10H,5,8,15H2,2-3H3/t10-/m1/s1. The molecule has 0 aromatic heterocycles. The van der Waals surface area contributed by atoms with Crippen molar-refractivity contribution >= 4 is 21.6 Å². The van der Waals surface area contributed by atoms with Crippen molar-refractivity contribution in [1.82, 2.24) is 0 Å². The molecule has 2 N–H and O–H groups in total. The van der Waals surface area contributed by atoms with Gasteiger partial charge in [0.05, 0.1) is 6.54 Å². The maximum atomic E-state index is 5.86. The van der Waals surface area contributed by atoms with Gasteiger partial charge in [-0.3, -0.25) is 0 Å². The average Bonchev–Trinajstić information content (AvgIpc) is 2.25. The first kappa shape index (κ1) is 13.1. The van der Waals surface area contributed by atoms with Gasteiger partial charge in [-0.05, 0) is 31.5 Å². The van der Waals surface area contributed by atoms with Crippen LogP contribution in [-0.4, -0.2) is 13.1 Å². The van der Waals surface area contributed by atoms with Crippen LogP contribution in [0.3, 0.4) is 0 Å². The second-order valence-corrected chi connectivity index (χ2v) is 4.57. The smallest absolute Gasteiger partial charge is 0.0791 e. The number of anilines is 1. The second kappa shape index (κ2) is 5.93. The van der Waals surface area contributed by atoms with Crippen LogP contribution in [0.15, 0.2) is 22.7 Å². The lowest BCUT2D eigenvalue weighted by molar-refractivity contribution is 0.811. The molecule has 0 fully saturated rings. The van der Waals surface area contributed by atoms with Gasteiger partial charge in [0, 0.05) is 22.7 Å². The molecule has 16 heavy (non-hydrogen) atoms. The number of hydrogen-bond donors (Lipinski definition) is 1. The van der Waals surface area contributed by atoms with Gasteiger partial charge in [0.25, 0.3) is 0 Å². The van der Waals surface area contributed by atoms with Gasteiger partial charge in [0.1, 0.15) is 0 Å². The van der Waals surface area contributed by atoms with Crippen molar-refractivity contribution in [3.8, 4) is 12.3 Å². The fourth-order valence-electron chi connectivity index (χ4n) is 1.58. The molecule has 0 amide bonds. The van der Waals surface area contributed by atoms with Crippen molar-refractivity contribution < 1.29 is 0 Å². The van der Waals surface area contributed by atoms with Crippen molar-refractivity contribution in [3.63, 3.8) is 0 Å². The minimum Gasteiger partial charge on any atom is -0.361 e. The average molecular weight is 281 g/mol. The highest BCUT2D eigenvalue weighted by molar-refractivity contribution is 9.10. The molecule has 0 radical (unpaired) electrons. The Morgan fingerprint density at radius 1 is 1.56 bits per heavy atom. The lowest BCUT2D eigenvalue weighted by atomic mass is 10.1. The Hall–Kier alpha value is -0.980. The summed E-state index contributed by atoms with van der Waals surface area (Å²) >= 11 is 3.54. The van der Waals surface area contributed by atoms with E-state index in [1.54, 1.807) is 0 Å². The number of terminal acetylenes is 1. The molecule has 1 aromatic carbocycles. The predicted molar refractivity (Wildman–Crippen MR) is 73.5 cm³/mol. The van der Waals surface area contributed by atoms with Crippen LogP contribution in [0, 0.1) is 12.3 Å². The Morgan fingerprint density at radius 3 is 2.69 bits per heavy atom. The van der Waals surface area contributed by atoms with E-state index in [4.69, 9.17) is 12.2 Å². The Labute approximate surface area is 106 Å². The van der Waals surface area contributed by atoms with E-state index in [9.17, 15) is 0 Å². The zero-order valence-electron chi connectivity index (χ0n) is 9.70. The minimum atomic E-state index is 0.0335. The van der Waals surface area contributed by atoms with Crippen LogP contribution in [0.5, 0.6) is 0 Å². The number of nitrogens with two attached hydrogens (primary N) is 1. The Bertz CT molecular complexity index is 393. The van der Waals surface area contributed by atoms with Crippen molar-refractivity contribution in [2.45, 2.75) is 19.9 Å². The Kier molecular flexibility index (Phi) is 4.85. The van der Waals surface area contributed by atoms with Crippen LogP contribution in [-0.2, 0) is 0 Å². The SMILES string of the molecule is C#CCN(CC)c1ccc([C@@H](C)N)c(Br)c1. The monoisotopic (exact) mass is 280 g/mol. The topological polar surface area (TPSA) is 29.3 Å². The Morgan fingerprint density at radius 2 is 2.25 bits per heavy atom. The summed E-state index contributed by atoms with van der Waals surface area (Å²) in [7, 11) is 0. The van der Waals surface area contributed by atoms with Crippen LogP contribution in [0.1, 0.15) is 25.5 Å². The van der Waals surface area contributed by atoms with Gasteiger partial charge < -0.3 is 10.6 Å². The molecule has 0 saturated carbocycles. The summed E-state index contributed by atoms with van der Waals surface area (Å²) in [5.74, 6) is 2.66. The number of benzene rings is 1. The summed E-state index contributed by atoms with van der Waals surface area (Å²) in [6.07, 6.45) is 5.34. The van der Waals surface area contributed by atoms with E-state index in [-0.39, 0.29) is 6.04 Å². The number of nitrogens with zero attached hydrogens (tertiary/aromatic N) is 1. The first-order valence-electron chi connectivity index (χ1n) is 5.33.